The Bertz CT molecular complexity index is 616. The lowest BCUT2D eigenvalue weighted by atomic mass is 10.2. The number of benzene rings is 1. The van der Waals surface area contributed by atoms with Crippen molar-refractivity contribution in [2.45, 2.75) is 24.9 Å². The largest absolute Gasteiger partial charge is 0.394 e. The molecular formula is C12H12Cl2N2O3. The number of fused-ring (bicyclic) bond motifs is 1. The normalized spacial score (nSPS) is 27.3. The number of hydrogen-bond acceptors (Lipinski definition) is 4. The SMILES string of the molecule is OC[C@@H]1O[C@H](n2cnc3cc(Cl)c(Cl)cc32)C[C@H]1O. The van der Waals surface area contributed by atoms with Crippen molar-refractivity contribution in [1.82, 2.24) is 9.55 Å². The first-order chi connectivity index (χ1) is 9.10. The van der Waals surface area contributed by atoms with Crippen LogP contribution in [0.3, 0.4) is 0 Å². The second-order valence-electron chi connectivity index (χ2n) is 4.52. The van der Waals surface area contributed by atoms with E-state index in [0.29, 0.717) is 22.0 Å². The summed E-state index contributed by atoms with van der Waals surface area (Å²) in [4.78, 5) is 4.24. The first kappa shape index (κ1) is 13.1. The van der Waals surface area contributed by atoms with E-state index in [0.717, 1.165) is 5.52 Å². The lowest BCUT2D eigenvalue weighted by Crippen LogP contribution is -2.24. The number of aliphatic hydroxyl groups excluding tert-OH is 2. The third kappa shape index (κ3) is 2.22. The van der Waals surface area contributed by atoms with Gasteiger partial charge in [-0.25, -0.2) is 4.98 Å². The standard InChI is InChI=1S/C12H12Cl2N2O3/c13-6-1-8-9(2-7(6)14)16(5-15-8)12-3-10(18)11(4-17)19-12/h1-2,5,10-12,17-18H,3-4H2/t10-,11+,12+/m1/s1. The third-order valence-electron chi connectivity index (χ3n) is 3.31. The van der Waals surface area contributed by atoms with Crippen LogP contribution < -0.4 is 0 Å². The maximum Gasteiger partial charge on any atom is 0.138 e. The van der Waals surface area contributed by atoms with Crippen LogP contribution in [0.25, 0.3) is 11.0 Å². The van der Waals surface area contributed by atoms with E-state index in [1.807, 2.05) is 0 Å². The zero-order valence-electron chi connectivity index (χ0n) is 9.83. The van der Waals surface area contributed by atoms with Gasteiger partial charge in [0, 0.05) is 6.42 Å². The minimum absolute atomic E-state index is 0.211. The maximum atomic E-state index is 9.76. The quantitative estimate of drug-likeness (QED) is 0.890. The topological polar surface area (TPSA) is 67.5 Å². The predicted molar refractivity (Wildman–Crippen MR) is 71.4 cm³/mol. The van der Waals surface area contributed by atoms with Crippen LogP contribution in [0.2, 0.25) is 10.0 Å². The molecule has 2 N–H and O–H groups in total. The summed E-state index contributed by atoms with van der Waals surface area (Å²) in [5, 5.41) is 19.7. The zero-order chi connectivity index (χ0) is 13.6. The van der Waals surface area contributed by atoms with E-state index in [1.54, 1.807) is 23.0 Å². The van der Waals surface area contributed by atoms with E-state index in [9.17, 15) is 5.11 Å². The van der Waals surface area contributed by atoms with Gasteiger partial charge in [-0.3, -0.25) is 0 Å². The molecular weight excluding hydrogens is 291 g/mol. The molecule has 0 unspecified atom stereocenters. The molecule has 2 heterocycles. The molecule has 1 aromatic carbocycles. The lowest BCUT2D eigenvalue weighted by Gasteiger charge is -2.14. The molecule has 0 spiro atoms. The van der Waals surface area contributed by atoms with Gasteiger partial charge < -0.3 is 19.5 Å². The maximum absolute atomic E-state index is 9.76. The molecule has 0 bridgehead atoms. The van der Waals surface area contributed by atoms with Crippen molar-refractivity contribution in [3.05, 3.63) is 28.5 Å². The van der Waals surface area contributed by atoms with Crippen LogP contribution >= 0.6 is 23.2 Å². The van der Waals surface area contributed by atoms with Crippen LogP contribution in [0.4, 0.5) is 0 Å². The highest BCUT2D eigenvalue weighted by molar-refractivity contribution is 6.42. The van der Waals surface area contributed by atoms with Gasteiger partial charge in [-0.05, 0) is 12.1 Å². The van der Waals surface area contributed by atoms with E-state index in [2.05, 4.69) is 4.98 Å². The van der Waals surface area contributed by atoms with Gasteiger partial charge in [0.2, 0.25) is 0 Å². The Morgan fingerprint density at radius 2 is 2.11 bits per heavy atom. The number of ether oxygens (including phenoxy) is 1. The molecule has 2 aromatic rings. The average Bonchev–Trinajstić information content (AvgIpc) is 2.93. The van der Waals surface area contributed by atoms with E-state index in [4.69, 9.17) is 33.0 Å². The van der Waals surface area contributed by atoms with Gasteiger partial charge in [0.1, 0.15) is 12.3 Å². The minimum atomic E-state index is -0.685. The molecule has 0 saturated carbocycles. The van der Waals surface area contributed by atoms with E-state index in [1.165, 1.54) is 0 Å². The summed E-state index contributed by atoms with van der Waals surface area (Å²) < 4.78 is 7.38. The van der Waals surface area contributed by atoms with Crippen molar-refractivity contribution >= 4 is 34.2 Å². The first-order valence-electron chi connectivity index (χ1n) is 5.86. The Hall–Kier alpha value is -0.850. The zero-order valence-corrected chi connectivity index (χ0v) is 11.3. The summed E-state index contributed by atoms with van der Waals surface area (Å²) in [6.07, 6.45) is 0.403. The van der Waals surface area contributed by atoms with Crippen LogP contribution in [-0.2, 0) is 4.74 Å². The van der Waals surface area contributed by atoms with Crippen molar-refractivity contribution in [3.8, 4) is 0 Å². The Kier molecular flexibility index (Phi) is 3.41. The van der Waals surface area contributed by atoms with Crippen LogP contribution in [0.15, 0.2) is 18.5 Å². The molecule has 1 fully saturated rings. The van der Waals surface area contributed by atoms with Gasteiger partial charge in [-0.1, -0.05) is 23.2 Å². The highest BCUT2D eigenvalue weighted by atomic mass is 35.5. The third-order valence-corrected chi connectivity index (χ3v) is 4.03. The van der Waals surface area contributed by atoms with E-state index in [-0.39, 0.29) is 12.8 Å². The number of aromatic nitrogens is 2. The molecule has 3 atom stereocenters. The number of imidazole rings is 1. The molecule has 3 rings (SSSR count). The van der Waals surface area contributed by atoms with Crippen molar-refractivity contribution in [2.75, 3.05) is 6.61 Å². The molecule has 19 heavy (non-hydrogen) atoms. The second kappa shape index (κ2) is 4.92. The highest BCUT2D eigenvalue weighted by Crippen LogP contribution is 2.33. The molecule has 102 valence electrons. The molecule has 1 saturated heterocycles. The Morgan fingerprint density at radius 3 is 2.79 bits per heavy atom. The summed E-state index contributed by atoms with van der Waals surface area (Å²) >= 11 is 11.9. The van der Waals surface area contributed by atoms with E-state index < -0.39 is 12.2 Å². The molecule has 7 heteroatoms. The summed E-state index contributed by atoms with van der Waals surface area (Å²) in [6.45, 7) is -0.211. The van der Waals surface area contributed by atoms with Gasteiger partial charge in [0.05, 0.1) is 40.1 Å². The fourth-order valence-electron chi connectivity index (χ4n) is 2.30. The molecule has 1 aliphatic heterocycles. The first-order valence-corrected chi connectivity index (χ1v) is 6.61. The summed E-state index contributed by atoms with van der Waals surface area (Å²) in [6, 6.07) is 3.40. The Morgan fingerprint density at radius 1 is 1.37 bits per heavy atom. The van der Waals surface area contributed by atoms with Crippen molar-refractivity contribution < 1.29 is 14.9 Å². The van der Waals surface area contributed by atoms with Crippen LogP contribution in [0.1, 0.15) is 12.6 Å². The smallest absolute Gasteiger partial charge is 0.138 e. The molecule has 5 nitrogen and oxygen atoms in total. The number of rotatable bonds is 2. The lowest BCUT2D eigenvalue weighted by molar-refractivity contribution is -0.0430. The molecule has 0 aliphatic carbocycles. The highest BCUT2D eigenvalue weighted by Gasteiger charge is 2.34. The second-order valence-corrected chi connectivity index (χ2v) is 5.34. The number of halogens is 2. The van der Waals surface area contributed by atoms with Gasteiger partial charge in [-0.15, -0.1) is 0 Å². The summed E-state index contributed by atoms with van der Waals surface area (Å²) in [5.41, 5.74) is 1.49. The Labute approximate surface area is 119 Å². The number of hydrogen-bond donors (Lipinski definition) is 2. The van der Waals surface area contributed by atoms with Gasteiger partial charge >= 0.3 is 0 Å². The fraction of sp³-hybridized carbons (Fsp3) is 0.417. The van der Waals surface area contributed by atoms with Gasteiger partial charge in [-0.2, -0.15) is 0 Å². The molecule has 0 amide bonds. The Balaban J connectivity index is 2.00. The molecule has 0 radical (unpaired) electrons. The summed E-state index contributed by atoms with van der Waals surface area (Å²) in [7, 11) is 0. The molecule has 1 aromatic heterocycles. The minimum Gasteiger partial charge on any atom is -0.394 e. The van der Waals surface area contributed by atoms with Crippen molar-refractivity contribution in [2.24, 2.45) is 0 Å². The van der Waals surface area contributed by atoms with E-state index >= 15 is 0 Å². The van der Waals surface area contributed by atoms with Gasteiger partial charge in [0.15, 0.2) is 0 Å². The van der Waals surface area contributed by atoms with Crippen molar-refractivity contribution in [1.29, 1.82) is 0 Å². The van der Waals surface area contributed by atoms with Crippen LogP contribution in [-0.4, -0.2) is 38.6 Å². The van der Waals surface area contributed by atoms with Crippen LogP contribution in [0.5, 0.6) is 0 Å². The monoisotopic (exact) mass is 302 g/mol. The van der Waals surface area contributed by atoms with Gasteiger partial charge in [0.25, 0.3) is 0 Å². The fourth-order valence-corrected chi connectivity index (χ4v) is 2.62. The number of aliphatic hydroxyl groups is 2. The van der Waals surface area contributed by atoms with Crippen molar-refractivity contribution in [3.63, 3.8) is 0 Å². The molecule has 1 aliphatic rings. The van der Waals surface area contributed by atoms with Crippen LogP contribution in [0, 0.1) is 0 Å². The average molecular weight is 303 g/mol. The predicted octanol–water partition coefficient (Wildman–Crippen LogP) is 1.98. The number of nitrogens with zero attached hydrogens (tertiary/aromatic N) is 2. The summed E-state index contributed by atoms with van der Waals surface area (Å²) in [5.74, 6) is 0.